The van der Waals surface area contributed by atoms with Crippen LogP contribution in [0.1, 0.15) is 5.56 Å². The van der Waals surface area contributed by atoms with Gasteiger partial charge in [0.2, 0.25) is 0 Å². The van der Waals surface area contributed by atoms with Crippen LogP contribution in [0.4, 0.5) is 0 Å². The van der Waals surface area contributed by atoms with Crippen LogP contribution in [0, 0.1) is 5.92 Å². The third-order valence-electron chi connectivity index (χ3n) is 3.11. The molecule has 0 radical (unpaired) electrons. The van der Waals surface area contributed by atoms with E-state index in [4.69, 9.17) is 0 Å². The summed E-state index contributed by atoms with van der Waals surface area (Å²) < 4.78 is 0. The minimum Gasteiger partial charge on any atom is -0.316 e. The van der Waals surface area contributed by atoms with Crippen molar-refractivity contribution in [2.24, 2.45) is 5.92 Å². The van der Waals surface area contributed by atoms with E-state index in [9.17, 15) is 0 Å². The third kappa shape index (κ3) is 1.61. The molecule has 3 rings (SSSR count). The van der Waals surface area contributed by atoms with Gasteiger partial charge in [0.15, 0.2) is 0 Å². The summed E-state index contributed by atoms with van der Waals surface area (Å²) in [5.41, 5.74) is 2.55. The second-order valence-electron chi connectivity index (χ2n) is 4.22. The van der Waals surface area contributed by atoms with E-state index in [2.05, 4.69) is 34.6 Å². The van der Waals surface area contributed by atoms with Crippen molar-refractivity contribution in [2.75, 3.05) is 13.1 Å². The molecule has 1 saturated heterocycles. The van der Waals surface area contributed by atoms with Gasteiger partial charge >= 0.3 is 0 Å². The van der Waals surface area contributed by atoms with Gasteiger partial charge in [-0.05, 0) is 43.1 Å². The molecule has 0 aliphatic carbocycles. The van der Waals surface area contributed by atoms with Gasteiger partial charge in [-0.25, -0.2) is 0 Å². The van der Waals surface area contributed by atoms with Crippen molar-refractivity contribution in [2.45, 2.75) is 6.42 Å². The van der Waals surface area contributed by atoms with E-state index in [0.29, 0.717) is 0 Å². The average Bonchev–Trinajstić information content (AvgIpc) is 2.23. The van der Waals surface area contributed by atoms with E-state index < -0.39 is 0 Å². The monoisotopic (exact) mass is 198 g/mol. The van der Waals surface area contributed by atoms with Gasteiger partial charge in [0.25, 0.3) is 0 Å². The molecule has 2 heteroatoms. The van der Waals surface area contributed by atoms with Gasteiger partial charge in [0, 0.05) is 11.6 Å². The van der Waals surface area contributed by atoms with Crippen LogP contribution in [0.2, 0.25) is 0 Å². The number of nitrogens with zero attached hydrogens (tertiary/aromatic N) is 1. The maximum Gasteiger partial charge on any atom is 0.0704 e. The highest BCUT2D eigenvalue weighted by Gasteiger charge is 2.17. The van der Waals surface area contributed by atoms with Gasteiger partial charge < -0.3 is 5.32 Å². The van der Waals surface area contributed by atoms with Crippen molar-refractivity contribution in [1.82, 2.24) is 10.3 Å². The Balaban J connectivity index is 2.01. The fourth-order valence-corrected chi connectivity index (χ4v) is 2.14. The molecule has 1 aliphatic heterocycles. The van der Waals surface area contributed by atoms with E-state index >= 15 is 0 Å². The summed E-state index contributed by atoms with van der Waals surface area (Å²) in [5, 5.41) is 4.63. The minimum absolute atomic E-state index is 0.816. The Morgan fingerprint density at radius 1 is 1.20 bits per heavy atom. The van der Waals surface area contributed by atoms with Crippen molar-refractivity contribution in [3.05, 3.63) is 42.1 Å². The van der Waals surface area contributed by atoms with E-state index in [1.54, 1.807) is 0 Å². The SMILES string of the molecule is c1ccc2c(CC3CNC3)ccnc2c1. The summed E-state index contributed by atoms with van der Waals surface area (Å²) in [6.45, 7) is 2.33. The van der Waals surface area contributed by atoms with Crippen LogP contribution in [0.15, 0.2) is 36.5 Å². The van der Waals surface area contributed by atoms with Crippen LogP contribution >= 0.6 is 0 Å². The number of fused-ring (bicyclic) bond motifs is 1. The Labute approximate surface area is 89.3 Å². The zero-order valence-electron chi connectivity index (χ0n) is 8.61. The first-order valence-electron chi connectivity index (χ1n) is 5.47. The molecule has 0 unspecified atom stereocenters. The zero-order valence-corrected chi connectivity index (χ0v) is 8.61. The summed E-state index contributed by atoms with van der Waals surface area (Å²) in [7, 11) is 0. The molecule has 2 aromatic rings. The van der Waals surface area contributed by atoms with Crippen molar-refractivity contribution >= 4 is 10.9 Å². The summed E-state index contributed by atoms with van der Waals surface area (Å²) in [4.78, 5) is 4.38. The molecule has 1 fully saturated rings. The highest BCUT2D eigenvalue weighted by atomic mass is 14.9. The Morgan fingerprint density at radius 2 is 2.07 bits per heavy atom. The van der Waals surface area contributed by atoms with Gasteiger partial charge in [-0.3, -0.25) is 4.98 Å². The van der Waals surface area contributed by atoms with E-state index in [1.807, 2.05) is 12.3 Å². The molecular formula is C13H14N2. The maximum absolute atomic E-state index is 4.38. The number of nitrogens with one attached hydrogen (secondary N) is 1. The second-order valence-corrected chi connectivity index (χ2v) is 4.22. The first-order valence-corrected chi connectivity index (χ1v) is 5.47. The highest BCUT2D eigenvalue weighted by Crippen LogP contribution is 2.20. The molecule has 1 aromatic carbocycles. The number of hydrogen-bond donors (Lipinski definition) is 1. The molecule has 76 valence electrons. The lowest BCUT2D eigenvalue weighted by Crippen LogP contribution is -2.43. The van der Waals surface area contributed by atoms with Gasteiger partial charge in [0.05, 0.1) is 5.52 Å². The Hall–Kier alpha value is -1.41. The molecule has 1 aromatic heterocycles. The lowest BCUT2D eigenvalue weighted by Gasteiger charge is -2.27. The summed E-state index contributed by atoms with van der Waals surface area (Å²) >= 11 is 0. The number of benzene rings is 1. The number of rotatable bonds is 2. The van der Waals surface area contributed by atoms with Crippen molar-refractivity contribution in [3.8, 4) is 0 Å². The van der Waals surface area contributed by atoms with Crippen molar-refractivity contribution in [1.29, 1.82) is 0 Å². The third-order valence-corrected chi connectivity index (χ3v) is 3.11. The second kappa shape index (κ2) is 3.63. The summed E-state index contributed by atoms with van der Waals surface area (Å²) in [6, 6.07) is 10.5. The fraction of sp³-hybridized carbons (Fsp3) is 0.308. The first kappa shape index (κ1) is 8.86. The summed E-state index contributed by atoms with van der Waals surface area (Å²) in [6.07, 6.45) is 3.10. The Bertz CT molecular complexity index is 469. The van der Waals surface area contributed by atoms with E-state index in [0.717, 1.165) is 24.5 Å². The van der Waals surface area contributed by atoms with Gasteiger partial charge in [-0.2, -0.15) is 0 Å². The van der Waals surface area contributed by atoms with Crippen LogP contribution in [0.3, 0.4) is 0 Å². The highest BCUT2D eigenvalue weighted by molar-refractivity contribution is 5.81. The van der Waals surface area contributed by atoms with E-state index in [1.165, 1.54) is 17.4 Å². The lowest BCUT2D eigenvalue weighted by atomic mass is 9.93. The van der Waals surface area contributed by atoms with Crippen molar-refractivity contribution < 1.29 is 0 Å². The molecule has 2 heterocycles. The summed E-state index contributed by atoms with van der Waals surface area (Å²) in [5.74, 6) is 0.816. The quantitative estimate of drug-likeness (QED) is 0.798. The predicted octanol–water partition coefficient (Wildman–Crippen LogP) is 2.00. The predicted molar refractivity (Wildman–Crippen MR) is 61.8 cm³/mol. The van der Waals surface area contributed by atoms with E-state index in [-0.39, 0.29) is 0 Å². The molecule has 0 saturated carbocycles. The molecule has 1 aliphatic rings. The zero-order chi connectivity index (χ0) is 10.1. The minimum atomic E-state index is 0.816. The first-order chi connectivity index (χ1) is 7.43. The topological polar surface area (TPSA) is 24.9 Å². The van der Waals surface area contributed by atoms with Crippen LogP contribution in [0.25, 0.3) is 10.9 Å². The Kier molecular flexibility index (Phi) is 2.14. The van der Waals surface area contributed by atoms with Crippen LogP contribution in [-0.2, 0) is 6.42 Å². The Morgan fingerprint density at radius 3 is 2.87 bits per heavy atom. The van der Waals surface area contributed by atoms with Crippen LogP contribution < -0.4 is 5.32 Å². The number of para-hydroxylation sites is 1. The molecular weight excluding hydrogens is 184 g/mol. The standard InChI is InChI=1S/C13H14N2/c1-2-4-13-12(3-1)11(5-6-15-13)7-10-8-14-9-10/h1-6,10,14H,7-9H2. The van der Waals surface area contributed by atoms with Gasteiger partial charge in [-0.1, -0.05) is 18.2 Å². The van der Waals surface area contributed by atoms with Crippen LogP contribution in [-0.4, -0.2) is 18.1 Å². The maximum atomic E-state index is 4.38. The van der Waals surface area contributed by atoms with Crippen molar-refractivity contribution in [3.63, 3.8) is 0 Å². The van der Waals surface area contributed by atoms with Gasteiger partial charge in [-0.15, -0.1) is 0 Å². The smallest absolute Gasteiger partial charge is 0.0704 e. The molecule has 0 atom stereocenters. The van der Waals surface area contributed by atoms with Crippen LogP contribution in [0.5, 0.6) is 0 Å². The number of hydrogen-bond acceptors (Lipinski definition) is 2. The molecule has 0 spiro atoms. The average molecular weight is 198 g/mol. The molecule has 0 amide bonds. The largest absolute Gasteiger partial charge is 0.316 e. The molecule has 2 nitrogen and oxygen atoms in total. The van der Waals surface area contributed by atoms with Gasteiger partial charge in [0.1, 0.15) is 0 Å². The fourth-order valence-electron chi connectivity index (χ4n) is 2.14. The molecule has 1 N–H and O–H groups in total. The normalized spacial score (nSPS) is 16.5. The molecule has 15 heavy (non-hydrogen) atoms. The molecule has 0 bridgehead atoms. The number of pyridine rings is 1. The number of aromatic nitrogens is 1. The lowest BCUT2D eigenvalue weighted by molar-refractivity contribution is 0.347.